The molecule has 1 saturated heterocycles. The second-order valence-electron chi connectivity index (χ2n) is 7.39. The van der Waals surface area contributed by atoms with Gasteiger partial charge in [0.15, 0.2) is 17.3 Å². The fourth-order valence-electron chi connectivity index (χ4n) is 4.69. The quantitative estimate of drug-likeness (QED) is 0.687. The van der Waals surface area contributed by atoms with Crippen molar-refractivity contribution in [1.29, 1.82) is 0 Å². The molecule has 0 N–H and O–H groups in total. The highest BCUT2D eigenvalue weighted by Gasteiger charge is 2.32. The molecule has 0 spiro atoms. The van der Waals surface area contributed by atoms with Crippen molar-refractivity contribution in [2.45, 2.75) is 39.0 Å². The molecule has 1 aliphatic heterocycles. The fourth-order valence-corrected chi connectivity index (χ4v) is 4.69. The molecule has 2 unspecified atom stereocenters. The maximum Gasteiger partial charge on any atom is 0.185 e. The molecule has 24 heavy (non-hydrogen) atoms. The Morgan fingerprint density at radius 3 is 2.62 bits per heavy atom. The van der Waals surface area contributed by atoms with Crippen molar-refractivity contribution in [3.8, 4) is 0 Å². The van der Waals surface area contributed by atoms with Crippen molar-refractivity contribution in [3.05, 3.63) is 30.1 Å². The number of benzene rings is 1. The average molecular weight is 321 g/mol. The van der Waals surface area contributed by atoms with Gasteiger partial charge in [0.05, 0.1) is 0 Å². The molecule has 5 rings (SSSR count). The number of rotatable bonds is 1. The molecule has 2 atom stereocenters. The van der Waals surface area contributed by atoms with Crippen LogP contribution in [0.25, 0.3) is 16.4 Å². The molecule has 5 heteroatoms. The van der Waals surface area contributed by atoms with Crippen molar-refractivity contribution in [1.82, 2.24) is 19.8 Å². The normalized spacial score (nSPS) is 24.5. The third-order valence-corrected chi connectivity index (χ3v) is 5.99. The summed E-state index contributed by atoms with van der Waals surface area (Å²) in [6.07, 6.45) is 6.93. The average Bonchev–Trinajstić information content (AvgIpc) is 3.02. The Labute approximate surface area is 141 Å². The monoisotopic (exact) mass is 321 g/mol. The van der Waals surface area contributed by atoms with Crippen LogP contribution in [-0.4, -0.2) is 32.9 Å². The van der Waals surface area contributed by atoms with Crippen LogP contribution in [0.4, 0.5) is 5.82 Å². The third kappa shape index (κ3) is 2.10. The molecule has 2 aromatic heterocycles. The molecular formula is C19H23N5. The zero-order valence-corrected chi connectivity index (χ0v) is 14.1. The minimum absolute atomic E-state index is 0.839. The van der Waals surface area contributed by atoms with Gasteiger partial charge in [-0.1, -0.05) is 43.5 Å². The molecule has 0 radical (unpaired) electrons. The molecule has 1 saturated carbocycles. The van der Waals surface area contributed by atoms with Crippen LogP contribution in [0.15, 0.2) is 24.3 Å². The van der Waals surface area contributed by atoms with Crippen molar-refractivity contribution in [2.75, 3.05) is 18.0 Å². The minimum Gasteiger partial charge on any atom is -0.354 e. The molecule has 5 nitrogen and oxygen atoms in total. The summed E-state index contributed by atoms with van der Waals surface area (Å²) in [4.78, 5) is 2.51. The maximum absolute atomic E-state index is 4.94. The highest BCUT2D eigenvalue weighted by atomic mass is 15.4. The number of aromatic nitrogens is 4. The molecular weight excluding hydrogens is 298 g/mol. The number of fused-ring (bicyclic) bond motifs is 4. The summed E-state index contributed by atoms with van der Waals surface area (Å²) in [6.45, 7) is 4.23. The second kappa shape index (κ2) is 5.43. The maximum atomic E-state index is 4.94. The largest absolute Gasteiger partial charge is 0.354 e. The van der Waals surface area contributed by atoms with Crippen LogP contribution >= 0.6 is 0 Å². The number of hydrogen-bond acceptors (Lipinski definition) is 4. The van der Waals surface area contributed by atoms with E-state index in [1.807, 2.05) is 11.4 Å². The van der Waals surface area contributed by atoms with Gasteiger partial charge in [0.1, 0.15) is 0 Å². The molecule has 1 aliphatic carbocycles. The van der Waals surface area contributed by atoms with E-state index in [0.717, 1.165) is 47.6 Å². The van der Waals surface area contributed by atoms with Gasteiger partial charge in [-0.3, -0.25) is 0 Å². The first-order chi connectivity index (χ1) is 11.8. The summed E-state index contributed by atoms with van der Waals surface area (Å²) in [5.41, 5.74) is 0.861. The van der Waals surface area contributed by atoms with Crippen LogP contribution < -0.4 is 4.90 Å². The van der Waals surface area contributed by atoms with E-state index in [9.17, 15) is 0 Å². The van der Waals surface area contributed by atoms with E-state index in [-0.39, 0.29) is 0 Å². The summed E-state index contributed by atoms with van der Waals surface area (Å²) in [7, 11) is 0. The second-order valence-corrected chi connectivity index (χ2v) is 7.39. The molecule has 1 aromatic carbocycles. The number of hydrogen-bond donors (Lipinski definition) is 0. The van der Waals surface area contributed by atoms with E-state index in [4.69, 9.17) is 5.10 Å². The Bertz CT molecular complexity index is 899. The highest BCUT2D eigenvalue weighted by molar-refractivity contribution is 6.00. The number of anilines is 1. The molecule has 3 heterocycles. The molecule has 124 valence electrons. The first kappa shape index (κ1) is 14.2. The van der Waals surface area contributed by atoms with Crippen LogP contribution in [0.1, 0.15) is 37.9 Å². The number of aryl methyl sites for hydroxylation is 1. The lowest BCUT2D eigenvalue weighted by Crippen LogP contribution is -2.42. The van der Waals surface area contributed by atoms with Crippen LogP contribution in [0.5, 0.6) is 0 Å². The first-order valence-corrected chi connectivity index (χ1v) is 9.17. The minimum atomic E-state index is 0.839. The van der Waals surface area contributed by atoms with E-state index in [2.05, 4.69) is 39.4 Å². The van der Waals surface area contributed by atoms with Crippen LogP contribution in [0, 0.1) is 18.8 Å². The van der Waals surface area contributed by atoms with Gasteiger partial charge in [0.2, 0.25) is 0 Å². The van der Waals surface area contributed by atoms with Crippen molar-refractivity contribution < 1.29 is 0 Å². The van der Waals surface area contributed by atoms with Gasteiger partial charge in [-0.05, 0) is 31.6 Å². The van der Waals surface area contributed by atoms with E-state index in [1.165, 1.54) is 37.5 Å². The molecule has 0 amide bonds. The van der Waals surface area contributed by atoms with E-state index in [1.54, 1.807) is 0 Å². The summed E-state index contributed by atoms with van der Waals surface area (Å²) >= 11 is 0. The Kier molecular flexibility index (Phi) is 3.21. The van der Waals surface area contributed by atoms with Crippen LogP contribution in [0.2, 0.25) is 0 Å². The standard InChI is InChI=1S/C19H23N5/c1-13-20-21-18-16-8-4-5-9-17(16)19(22-24(13)18)23-11-10-14-6-2-3-7-15(14)12-23/h4-5,8-9,14-15H,2-3,6-7,10-12H2,1H3. The lowest BCUT2D eigenvalue weighted by atomic mass is 9.75. The molecule has 0 bridgehead atoms. The molecule has 3 aromatic rings. The van der Waals surface area contributed by atoms with Crippen molar-refractivity contribution in [2.24, 2.45) is 11.8 Å². The third-order valence-electron chi connectivity index (χ3n) is 5.99. The van der Waals surface area contributed by atoms with E-state index < -0.39 is 0 Å². The SMILES string of the molecule is Cc1nnc2c3ccccc3c(N3CCC4CCCCC4C3)nn12. The van der Waals surface area contributed by atoms with Gasteiger partial charge in [0.25, 0.3) is 0 Å². The van der Waals surface area contributed by atoms with Gasteiger partial charge in [-0.2, -0.15) is 4.52 Å². The van der Waals surface area contributed by atoms with E-state index in [0.29, 0.717) is 0 Å². The summed E-state index contributed by atoms with van der Waals surface area (Å²) in [6, 6.07) is 8.48. The zero-order chi connectivity index (χ0) is 16.1. The van der Waals surface area contributed by atoms with Crippen molar-refractivity contribution >= 4 is 22.2 Å². The Morgan fingerprint density at radius 1 is 0.958 bits per heavy atom. The number of piperidine rings is 1. The summed E-state index contributed by atoms with van der Waals surface area (Å²) in [5.74, 6) is 3.72. The lowest BCUT2D eigenvalue weighted by Gasteiger charge is -2.42. The molecule has 2 aliphatic rings. The molecule has 2 fully saturated rings. The van der Waals surface area contributed by atoms with Gasteiger partial charge in [-0.25, -0.2) is 0 Å². The fraction of sp³-hybridized carbons (Fsp3) is 0.526. The van der Waals surface area contributed by atoms with Gasteiger partial charge in [0, 0.05) is 23.9 Å². The topological polar surface area (TPSA) is 46.3 Å². The predicted octanol–water partition coefficient (Wildman–Crippen LogP) is 3.60. The van der Waals surface area contributed by atoms with E-state index >= 15 is 0 Å². The predicted molar refractivity (Wildman–Crippen MR) is 95.3 cm³/mol. The smallest absolute Gasteiger partial charge is 0.185 e. The summed E-state index contributed by atoms with van der Waals surface area (Å²) in [5, 5.41) is 15.8. The zero-order valence-electron chi connectivity index (χ0n) is 14.1. The lowest BCUT2D eigenvalue weighted by molar-refractivity contribution is 0.202. The van der Waals surface area contributed by atoms with Gasteiger partial charge >= 0.3 is 0 Å². The van der Waals surface area contributed by atoms with Gasteiger partial charge in [-0.15, -0.1) is 15.3 Å². The van der Waals surface area contributed by atoms with Crippen LogP contribution in [0.3, 0.4) is 0 Å². The van der Waals surface area contributed by atoms with Crippen molar-refractivity contribution in [3.63, 3.8) is 0 Å². The summed E-state index contributed by atoms with van der Waals surface area (Å²) < 4.78 is 1.91. The van der Waals surface area contributed by atoms with Crippen LogP contribution in [-0.2, 0) is 0 Å². The Balaban J connectivity index is 1.63. The first-order valence-electron chi connectivity index (χ1n) is 9.17. The number of nitrogens with zero attached hydrogens (tertiary/aromatic N) is 5. The highest BCUT2D eigenvalue weighted by Crippen LogP contribution is 2.38. The van der Waals surface area contributed by atoms with Gasteiger partial charge < -0.3 is 4.90 Å². The Morgan fingerprint density at radius 2 is 1.75 bits per heavy atom. The Hall–Kier alpha value is -2.17.